The number of benzene rings is 1. The molecule has 0 amide bonds. The molecule has 0 bridgehead atoms. The maximum atomic E-state index is 13.4. The standard InChI is InChI=1S/C13H11FO3/c14-10-3-1-2-8-6-11(17-13(8)10)12(15)9-4-5-16-7-9/h1-3,6,9H,4-5,7H2. The van der Waals surface area contributed by atoms with Crippen LogP contribution in [0.25, 0.3) is 11.0 Å². The van der Waals surface area contributed by atoms with Crippen molar-refractivity contribution >= 4 is 16.8 Å². The minimum atomic E-state index is -0.441. The van der Waals surface area contributed by atoms with Crippen molar-refractivity contribution in [1.29, 1.82) is 0 Å². The first kappa shape index (κ1) is 10.5. The zero-order valence-corrected chi connectivity index (χ0v) is 9.11. The molecule has 1 atom stereocenters. The van der Waals surface area contributed by atoms with Crippen molar-refractivity contribution in [3.8, 4) is 0 Å². The maximum absolute atomic E-state index is 13.4. The van der Waals surface area contributed by atoms with Crippen molar-refractivity contribution in [2.75, 3.05) is 13.2 Å². The fourth-order valence-electron chi connectivity index (χ4n) is 2.09. The van der Waals surface area contributed by atoms with E-state index in [0.717, 1.165) is 0 Å². The Balaban J connectivity index is 2.00. The summed E-state index contributed by atoms with van der Waals surface area (Å²) in [6.07, 6.45) is 0.707. The van der Waals surface area contributed by atoms with Gasteiger partial charge in [-0.3, -0.25) is 4.79 Å². The highest BCUT2D eigenvalue weighted by Crippen LogP contribution is 2.25. The van der Waals surface area contributed by atoms with Crippen molar-refractivity contribution < 1.29 is 18.3 Å². The lowest BCUT2D eigenvalue weighted by Gasteiger charge is -2.01. The van der Waals surface area contributed by atoms with E-state index in [1.807, 2.05) is 0 Å². The van der Waals surface area contributed by atoms with Gasteiger partial charge in [-0.15, -0.1) is 0 Å². The molecule has 1 saturated heterocycles. The number of ketones is 1. The molecule has 1 aliphatic heterocycles. The molecule has 4 heteroatoms. The number of halogens is 1. The summed E-state index contributed by atoms with van der Waals surface area (Å²) < 4.78 is 23.9. The molecule has 3 nitrogen and oxygen atoms in total. The zero-order valence-electron chi connectivity index (χ0n) is 9.11. The van der Waals surface area contributed by atoms with E-state index in [2.05, 4.69) is 0 Å². The molecule has 0 N–H and O–H groups in total. The number of hydrogen-bond acceptors (Lipinski definition) is 3. The molecule has 1 aliphatic rings. The molecular formula is C13H11FO3. The van der Waals surface area contributed by atoms with Crippen molar-refractivity contribution in [3.05, 3.63) is 35.8 Å². The molecule has 1 aromatic heterocycles. The number of furan rings is 1. The lowest BCUT2D eigenvalue weighted by atomic mass is 10.0. The third-order valence-electron chi connectivity index (χ3n) is 3.04. The monoisotopic (exact) mass is 234 g/mol. The van der Waals surface area contributed by atoms with Gasteiger partial charge in [-0.1, -0.05) is 12.1 Å². The average molecular weight is 234 g/mol. The predicted molar refractivity (Wildman–Crippen MR) is 59.4 cm³/mol. The highest BCUT2D eigenvalue weighted by Gasteiger charge is 2.27. The van der Waals surface area contributed by atoms with Gasteiger partial charge in [0.15, 0.2) is 17.2 Å². The molecule has 88 valence electrons. The molecule has 0 spiro atoms. The van der Waals surface area contributed by atoms with Crippen LogP contribution in [0.15, 0.2) is 28.7 Å². The maximum Gasteiger partial charge on any atom is 0.203 e. The van der Waals surface area contributed by atoms with Gasteiger partial charge in [0.2, 0.25) is 5.78 Å². The van der Waals surface area contributed by atoms with E-state index in [0.29, 0.717) is 25.0 Å². The van der Waals surface area contributed by atoms with Gasteiger partial charge >= 0.3 is 0 Å². The number of ether oxygens (including phenoxy) is 1. The minimum absolute atomic E-state index is 0.0990. The smallest absolute Gasteiger partial charge is 0.203 e. The number of hydrogen-bond donors (Lipinski definition) is 0. The topological polar surface area (TPSA) is 39.4 Å². The molecule has 2 heterocycles. The quantitative estimate of drug-likeness (QED) is 0.750. The van der Waals surface area contributed by atoms with Crippen LogP contribution < -0.4 is 0 Å². The number of fused-ring (bicyclic) bond motifs is 1. The summed E-state index contributed by atoms with van der Waals surface area (Å²) in [6.45, 7) is 1.03. The van der Waals surface area contributed by atoms with Gasteiger partial charge in [0.05, 0.1) is 12.5 Å². The van der Waals surface area contributed by atoms with Gasteiger partial charge in [0, 0.05) is 12.0 Å². The number of carbonyl (C=O) groups is 1. The Bertz CT molecular complexity index is 567. The second-order valence-corrected chi connectivity index (χ2v) is 4.19. The number of para-hydroxylation sites is 1. The molecule has 0 aliphatic carbocycles. The molecular weight excluding hydrogens is 223 g/mol. The summed E-state index contributed by atoms with van der Waals surface area (Å²) in [6, 6.07) is 6.24. The average Bonchev–Trinajstić information content (AvgIpc) is 2.98. The lowest BCUT2D eigenvalue weighted by Crippen LogP contribution is -2.13. The van der Waals surface area contributed by atoms with Gasteiger partial charge in [-0.2, -0.15) is 0 Å². The fraction of sp³-hybridized carbons (Fsp3) is 0.308. The summed E-state index contributed by atoms with van der Waals surface area (Å²) in [4.78, 5) is 12.0. The molecule has 1 unspecified atom stereocenters. The third-order valence-corrected chi connectivity index (χ3v) is 3.04. The number of Topliss-reactive ketones (excluding diaryl/α,β-unsaturated/α-hetero) is 1. The van der Waals surface area contributed by atoms with Crippen molar-refractivity contribution in [2.45, 2.75) is 6.42 Å². The molecule has 1 aromatic carbocycles. The molecule has 1 fully saturated rings. The normalized spacial score (nSPS) is 19.9. The molecule has 17 heavy (non-hydrogen) atoms. The van der Waals surface area contributed by atoms with Gasteiger partial charge in [-0.05, 0) is 18.6 Å². The van der Waals surface area contributed by atoms with Crippen LogP contribution in [0.2, 0.25) is 0 Å². The van der Waals surface area contributed by atoms with E-state index in [1.165, 1.54) is 6.07 Å². The van der Waals surface area contributed by atoms with Crippen molar-refractivity contribution in [3.63, 3.8) is 0 Å². The van der Waals surface area contributed by atoms with Crippen molar-refractivity contribution in [2.24, 2.45) is 5.92 Å². The Morgan fingerprint density at radius 1 is 1.41 bits per heavy atom. The molecule has 3 rings (SSSR count). The highest BCUT2D eigenvalue weighted by molar-refractivity contribution is 5.99. The van der Waals surface area contributed by atoms with Crippen LogP contribution in [0, 0.1) is 11.7 Å². The number of rotatable bonds is 2. The largest absolute Gasteiger partial charge is 0.450 e. The molecule has 0 radical (unpaired) electrons. The second-order valence-electron chi connectivity index (χ2n) is 4.19. The van der Waals surface area contributed by atoms with Crippen LogP contribution in [0.3, 0.4) is 0 Å². The fourth-order valence-corrected chi connectivity index (χ4v) is 2.09. The summed E-state index contributed by atoms with van der Waals surface area (Å²) >= 11 is 0. The van der Waals surface area contributed by atoms with Gasteiger partial charge in [0.1, 0.15) is 0 Å². The highest BCUT2D eigenvalue weighted by atomic mass is 19.1. The first-order valence-corrected chi connectivity index (χ1v) is 5.56. The predicted octanol–water partition coefficient (Wildman–Crippen LogP) is 2.79. The summed E-state index contributed by atoms with van der Waals surface area (Å²) in [5, 5.41) is 0.618. The van der Waals surface area contributed by atoms with Crippen LogP contribution in [-0.2, 0) is 4.74 Å². The lowest BCUT2D eigenvalue weighted by molar-refractivity contribution is 0.0874. The van der Waals surface area contributed by atoms with Crippen LogP contribution in [0.4, 0.5) is 4.39 Å². The summed E-state index contributed by atoms with van der Waals surface area (Å²) in [5.74, 6) is -0.471. The Hall–Kier alpha value is -1.68. The van der Waals surface area contributed by atoms with Crippen LogP contribution in [0.5, 0.6) is 0 Å². The van der Waals surface area contributed by atoms with E-state index in [9.17, 15) is 9.18 Å². The molecule has 2 aromatic rings. The van der Waals surface area contributed by atoms with E-state index >= 15 is 0 Å². The summed E-state index contributed by atoms with van der Waals surface area (Å²) in [7, 11) is 0. The Morgan fingerprint density at radius 2 is 2.29 bits per heavy atom. The Labute approximate surface area is 97.2 Å². The Kier molecular flexibility index (Phi) is 2.44. The van der Waals surface area contributed by atoms with Crippen LogP contribution in [-0.4, -0.2) is 19.0 Å². The minimum Gasteiger partial charge on any atom is -0.450 e. The van der Waals surface area contributed by atoms with E-state index in [-0.39, 0.29) is 23.0 Å². The Morgan fingerprint density at radius 3 is 3.00 bits per heavy atom. The SMILES string of the molecule is O=C(c1cc2cccc(F)c2o1)C1CCOC1. The van der Waals surface area contributed by atoms with Crippen LogP contribution in [0.1, 0.15) is 17.0 Å². The van der Waals surface area contributed by atoms with E-state index < -0.39 is 5.82 Å². The van der Waals surface area contributed by atoms with Gasteiger partial charge < -0.3 is 9.15 Å². The summed E-state index contributed by atoms with van der Waals surface area (Å²) in [5.41, 5.74) is 0.148. The van der Waals surface area contributed by atoms with Crippen LogP contribution >= 0.6 is 0 Å². The van der Waals surface area contributed by atoms with E-state index in [1.54, 1.807) is 18.2 Å². The van der Waals surface area contributed by atoms with Gasteiger partial charge in [-0.25, -0.2) is 4.39 Å². The molecule has 0 saturated carbocycles. The first-order valence-electron chi connectivity index (χ1n) is 5.56. The third kappa shape index (κ3) is 1.74. The zero-order chi connectivity index (χ0) is 11.8. The second kappa shape index (κ2) is 3.96. The van der Waals surface area contributed by atoms with Crippen molar-refractivity contribution in [1.82, 2.24) is 0 Å². The first-order chi connectivity index (χ1) is 8.25. The van der Waals surface area contributed by atoms with E-state index in [4.69, 9.17) is 9.15 Å². The van der Waals surface area contributed by atoms with Gasteiger partial charge in [0.25, 0.3) is 0 Å². The number of carbonyl (C=O) groups excluding carboxylic acids is 1.